The molecule has 0 heterocycles. The zero-order valence-corrected chi connectivity index (χ0v) is 83.0. The van der Waals surface area contributed by atoms with E-state index in [-0.39, 0.29) is 0 Å². The minimum atomic E-state index is 1.08. The third-order valence-corrected chi connectivity index (χ3v) is 27.8. The van der Waals surface area contributed by atoms with Gasteiger partial charge in [0.05, 0.1) is 22.7 Å². The number of hydrogen-bond acceptors (Lipinski definition) is 8. The van der Waals surface area contributed by atoms with E-state index in [4.69, 9.17) is 0 Å². The van der Waals surface area contributed by atoms with E-state index in [0.717, 1.165) is 159 Å². The van der Waals surface area contributed by atoms with Crippen LogP contribution in [0.2, 0.25) is 0 Å². The van der Waals surface area contributed by atoms with Gasteiger partial charge < -0.3 is 39.2 Å². The average Bonchev–Trinajstić information content (AvgIpc) is 0.782. The SMILES string of the molecule is Cc1ccc(N(c2ccc(-c3ccc(N(c4ccc(C)cc4)c4ccc(N(c5ccccc5)c5cccc6ccccc56)cc4)cc3)cc2)c2ccc(N(c3ccccc3)c3cccc4ccccc34)cc2)cc1.Cc1cccc(N(c2ccc(-c3ccc(N(c4ccc(N(c5ccccc5)c5cccc6ccccc56)cc4)c4cccc(C)c4)cc3)cc2)c2ccc(N(c3ccccc3)c3cccc4ccccc34)cc2)c1. The smallest absolute Gasteiger partial charge is 0.0540 e. The summed E-state index contributed by atoms with van der Waals surface area (Å²) in [7, 11) is 0. The van der Waals surface area contributed by atoms with E-state index in [1.165, 1.54) is 65.3 Å². The van der Waals surface area contributed by atoms with Crippen molar-refractivity contribution in [2.45, 2.75) is 27.7 Å². The van der Waals surface area contributed by atoms with Gasteiger partial charge >= 0.3 is 0 Å². The van der Waals surface area contributed by atoms with Crippen molar-refractivity contribution in [3.63, 3.8) is 0 Å². The summed E-state index contributed by atoms with van der Waals surface area (Å²) in [6.07, 6.45) is 0. The third-order valence-electron chi connectivity index (χ3n) is 27.8. The fraction of sp³-hybridized carbons (Fsp3) is 0.0286. The minimum Gasteiger partial charge on any atom is -0.311 e. The highest BCUT2D eigenvalue weighted by atomic mass is 15.2. The van der Waals surface area contributed by atoms with Gasteiger partial charge in [0.15, 0.2) is 0 Å². The molecule has 8 nitrogen and oxygen atoms in total. The molecule has 24 rings (SSSR count). The third kappa shape index (κ3) is 19.5. The molecule has 708 valence electrons. The molecule has 24 aromatic carbocycles. The van der Waals surface area contributed by atoms with Gasteiger partial charge in [-0.25, -0.2) is 0 Å². The highest BCUT2D eigenvalue weighted by molar-refractivity contribution is 6.04. The van der Waals surface area contributed by atoms with Crippen LogP contribution in [0.4, 0.5) is 136 Å². The van der Waals surface area contributed by atoms with E-state index in [0.29, 0.717) is 0 Å². The Morgan fingerprint density at radius 2 is 0.250 bits per heavy atom. The Bertz CT molecular complexity index is 8170. The Balaban J connectivity index is 0.000000163. The van der Waals surface area contributed by atoms with E-state index >= 15 is 0 Å². The van der Waals surface area contributed by atoms with Crippen molar-refractivity contribution < 1.29 is 0 Å². The molecule has 0 bridgehead atoms. The van der Waals surface area contributed by atoms with Crippen LogP contribution in [0, 0.1) is 27.7 Å². The van der Waals surface area contributed by atoms with E-state index in [9.17, 15) is 0 Å². The predicted molar refractivity (Wildman–Crippen MR) is 630 cm³/mol. The lowest BCUT2D eigenvalue weighted by Gasteiger charge is -2.29. The molecule has 0 amide bonds. The lowest BCUT2D eigenvalue weighted by molar-refractivity contribution is 1.25. The maximum Gasteiger partial charge on any atom is 0.0540 e. The molecule has 0 fully saturated rings. The lowest BCUT2D eigenvalue weighted by atomic mass is 10.0. The maximum absolute atomic E-state index is 2.35. The van der Waals surface area contributed by atoms with Crippen LogP contribution in [0.5, 0.6) is 0 Å². The number of anilines is 24. The topological polar surface area (TPSA) is 25.9 Å². The Kier molecular flexibility index (Phi) is 26.3. The molecule has 8 heteroatoms. The summed E-state index contributed by atoms with van der Waals surface area (Å²) in [5.74, 6) is 0. The summed E-state index contributed by atoms with van der Waals surface area (Å²) in [6, 6.07) is 210. The van der Waals surface area contributed by atoms with Crippen LogP contribution in [0.15, 0.2) is 582 Å². The summed E-state index contributed by atoms with van der Waals surface area (Å²) < 4.78 is 0. The van der Waals surface area contributed by atoms with Crippen LogP contribution < -0.4 is 39.2 Å². The summed E-state index contributed by atoms with van der Waals surface area (Å²) in [6.45, 7) is 8.58. The number of rotatable bonds is 26. The van der Waals surface area contributed by atoms with Crippen molar-refractivity contribution in [2.24, 2.45) is 0 Å². The predicted octanol–water partition coefficient (Wildman–Crippen LogP) is 40.3. The molecule has 0 atom stereocenters. The van der Waals surface area contributed by atoms with Crippen molar-refractivity contribution in [1.82, 2.24) is 0 Å². The molecule has 0 saturated carbocycles. The Hall–Kier alpha value is -19.3. The van der Waals surface area contributed by atoms with Gasteiger partial charge in [0.2, 0.25) is 0 Å². The van der Waals surface area contributed by atoms with E-state index in [1.807, 2.05) is 0 Å². The normalized spacial score (nSPS) is 11.1. The molecule has 148 heavy (non-hydrogen) atoms. The molecule has 0 N–H and O–H groups in total. The fourth-order valence-electron chi connectivity index (χ4n) is 20.6. The first-order chi connectivity index (χ1) is 73.0. The quantitative estimate of drug-likeness (QED) is 0.0529. The van der Waals surface area contributed by atoms with Gasteiger partial charge in [-0.15, -0.1) is 0 Å². The number of fused-ring (bicyclic) bond motifs is 4. The molecule has 0 radical (unpaired) electrons. The van der Waals surface area contributed by atoms with Crippen molar-refractivity contribution >= 4 is 180 Å². The molecule has 0 aliphatic carbocycles. The van der Waals surface area contributed by atoms with Crippen LogP contribution in [-0.2, 0) is 0 Å². The summed E-state index contributed by atoms with van der Waals surface area (Å²) in [4.78, 5) is 18.8. The van der Waals surface area contributed by atoms with Gasteiger partial charge in [0.1, 0.15) is 0 Å². The van der Waals surface area contributed by atoms with E-state index < -0.39 is 0 Å². The largest absolute Gasteiger partial charge is 0.311 e. The zero-order valence-electron chi connectivity index (χ0n) is 83.0. The number of nitrogens with zero attached hydrogens (tertiary/aromatic N) is 8. The van der Waals surface area contributed by atoms with E-state index in [1.54, 1.807) is 0 Å². The zero-order chi connectivity index (χ0) is 99.6. The maximum atomic E-state index is 2.35. The van der Waals surface area contributed by atoms with Crippen molar-refractivity contribution in [3.8, 4) is 22.3 Å². The number of benzene rings is 24. The molecule has 0 saturated heterocycles. The Labute approximate surface area is 867 Å². The molecular formula is C140H108N8. The molecule has 0 spiro atoms. The van der Waals surface area contributed by atoms with Gasteiger partial charge in [0, 0.05) is 135 Å². The van der Waals surface area contributed by atoms with Crippen molar-refractivity contribution in [2.75, 3.05) is 39.2 Å². The van der Waals surface area contributed by atoms with Gasteiger partial charge in [-0.2, -0.15) is 0 Å². The van der Waals surface area contributed by atoms with Gasteiger partial charge in [0.25, 0.3) is 0 Å². The first-order valence-corrected chi connectivity index (χ1v) is 50.7. The van der Waals surface area contributed by atoms with Gasteiger partial charge in [-0.1, -0.05) is 327 Å². The molecular weight excluding hydrogens is 1790 g/mol. The molecule has 0 aliphatic rings. The van der Waals surface area contributed by atoms with Crippen LogP contribution in [0.1, 0.15) is 22.3 Å². The standard InChI is InChI=1S/2C70H54N4/c1-51-17-13-27-65(49-51)71(61-41-45-63(46-42-61)73(57-23-5-3-6-24-57)69-31-15-21-55-19-9-11-29-67(55)69)59-37-33-53(34-38-59)54-35-39-60(40-36-54)72(66-28-14-18-52(2)50-66)62-43-47-64(48-44-62)74(58-25-7-4-8-26-58)70-32-16-22-56-20-10-12-30-68(56)70;1-51-27-35-59(36-28-51)71(63-43-47-65(48-44-63)73(57-19-5-3-6-20-57)69-25-13-17-55-15-9-11-23-67(55)69)61-39-31-53(32-40-61)54-33-41-62(42-34-54)72(60-37-29-52(2)30-38-60)64-45-49-66(50-46-64)74(58-21-7-4-8-22-58)70-26-14-18-56-16-10-12-24-68(56)70/h2*3-50H,1-2H3. The number of aryl methyl sites for hydroxylation is 4. The van der Waals surface area contributed by atoms with Gasteiger partial charge in [-0.3, -0.25) is 0 Å². The highest BCUT2D eigenvalue weighted by Gasteiger charge is 2.26. The average molecular weight is 1900 g/mol. The van der Waals surface area contributed by atoms with Crippen molar-refractivity contribution in [3.05, 3.63) is 605 Å². The van der Waals surface area contributed by atoms with Crippen LogP contribution in [-0.4, -0.2) is 0 Å². The van der Waals surface area contributed by atoms with Gasteiger partial charge in [-0.05, 0) is 350 Å². The Morgan fingerprint density at radius 1 is 0.101 bits per heavy atom. The molecule has 0 aromatic heterocycles. The number of hydrogen-bond donors (Lipinski definition) is 0. The molecule has 0 aliphatic heterocycles. The fourth-order valence-corrected chi connectivity index (χ4v) is 20.6. The second-order valence-corrected chi connectivity index (χ2v) is 37.6. The molecule has 24 aromatic rings. The summed E-state index contributed by atoms with van der Waals surface area (Å²) >= 11 is 0. The second kappa shape index (κ2) is 42.1. The summed E-state index contributed by atoms with van der Waals surface area (Å²) in [5.41, 5.74) is 35.8. The van der Waals surface area contributed by atoms with Crippen LogP contribution >= 0.6 is 0 Å². The Morgan fingerprint density at radius 3 is 0.459 bits per heavy atom. The number of para-hydroxylation sites is 4. The monoisotopic (exact) mass is 1900 g/mol. The summed E-state index contributed by atoms with van der Waals surface area (Å²) in [5, 5.41) is 9.67. The lowest BCUT2D eigenvalue weighted by Crippen LogP contribution is -2.12. The second-order valence-electron chi connectivity index (χ2n) is 37.6. The first kappa shape index (κ1) is 92.4. The first-order valence-electron chi connectivity index (χ1n) is 50.7. The molecule has 0 unspecified atom stereocenters. The van der Waals surface area contributed by atoms with Crippen LogP contribution in [0.3, 0.4) is 0 Å². The minimum absolute atomic E-state index is 1.08. The van der Waals surface area contributed by atoms with Crippen molar-refractivity contribution in [1.29, 1.82) is 0 Å². The van der Waals surface area contributed by atoms with Crippen LogP contribution in [0.25, 0.3) is 65.3 Å². The van der Waals surface area contributed by atoms with E-state index in [2.05, 4.69) is 649 Å². The highest BCUT2D eigenvalue weighted by Crippen LogP contribution is 2.50.